The Morgan fingerprint density at radius 3 is 2.74 bits per heavy atom. The van der Waals surface area contributed by atoms with Gasteiger partial charge in [0.1, 0.15) is 5.82 Å². The van der Waals surface area contributed by atoms with Crippen LogP contribution in [0.5, 0.6) is 0 Å². The molecule has 1 fully saturated rings. The second kappa shape index (κ2) is 10.6. The van der Waals surface area contributed by atoms with Gasteiger partial charge in [0.25, 0.3) is 0 Å². The lowest BCUT2D eigenvalue weighted by molar-refractivity contribution is 0.306. The third-order valence-electron chi connectivity index (χ3n) is 3.75. The van der Waals surface area contributed by atoms with E-state index in [1.165, 1.54) is 0 Å². The van der Waals surface area contributed by atoms with E-state index in [9.17, 15) is 0 Å². The van der Waals surface area contributed by atoms with Gasteiger partial charge >= 0.3 is 0 Å². The van der Waals surface area contributed by atoms with Crippen molar-refractivity contribution in [2.45, 2.75) is 32.7 Å². The molecule has 1 aliphatic heterocycles. The second-order valence-electron chi connectivity index (χ2n) is 5.53. The molecule has 2 heterocycles. The van der Waals surface area contributed by atoms with Crippen molar-refractivity contribution in [3.8, 4) is 0 Å². The van der Waals surface area contributed by atoms with Crippen LogP contribution < -0.4 is 15.5 Å². The van der Waals surface area contributed by atoms with Crippen molar-refractivity contribution >= 4 is 35.8 Å². The minimum atomic E-state index is 0. The van der Waals surface area contributed by atoms with E-state index in [1.54, 1.807) is 0 Å². The van der Waals surface area contributed by atoms with Gasteiger partial charge in [-0.3, -0.25) is 4.99 Å². The second-order valence-corrected chi connectivity index (χ2v) is 5.53. The van der Waals surface area contributed by atoms with Gasteiger partial charge in [-0.15, -0.1) is 24.0 Å². The molecule has 130 valence electrons. The molecule has 0 saturated carbocycles. The number of aliphatic hydroxyl groups excluding tert-OH is 1. The summed E-state index contributed by atoms with van der Waals surface area (Å²) in [6, 6.07) is 6.58. The lowest BCUT2D eigenvalue weighted by Gasteiger charge is -2.34. The van der Waals surface area contributed by atoms with Crippen molar-refractivity contribution in [1.29, 1.82) is 0 Å². The number of nitrogens with zero attached hydrogens (tertiary/aromatic N) is 3. The standard InChI is InChI=1S/C16H27N5O.HI/c1-3-17-16(18-9-12-22)20-14-7-10-21(11-8-14)15-6-4-5-13(2)19-15;/h4-6,14,22H,3,7-12H2,1-2H3,(H2,17,18,20);1H. The van der Waals surface area contributed by atoms with Crippen molar-refractivity contribution in [3.05, 3.63) is 23.9 Å². The Balaban J connectivity index is 0.00000264. The predicted molar refractivity (Wildman–Crippen MR) is 106 cm³/mol. The molecule has 0 aliphatic carbocycles. The average molecular weight is 433 g/mol. The van der Waals surface area contributed by atoms with Crippen molar-refractivity contribution in [2.24, 2.45) is 4.99 Å². The van der Waals surface area contributed by atoms with Gasteiger partial charge in [-0.1, -0.05) is 6.07 Å². The van der Waals surface area contributed by atoms with E-state index in [0.29, 0.717) is 12.6 Å². The highest BCUT2D eigenvalue weighted by atomic mass is 127. The number of halogens is 1. The molecule has 0 aromatic carbocycles. The van der Waals surface area contributed by atoms with E-state index in [2.05, 4.69) is 37.6 Å². The summed E-state index contributed by atoms with van der Waals surface area (Å²) in [5, 5.41) is 15.6. The first kappa shape index (κ1) is 20.0. The fraction of sp³-hybridized carbons (Fsp3) is 0.625. The Labute approximate surface area is 155 Å². The van der Waals surface area contributed by atoms with Crippen LogP contribution in [-0.2, 0) is 0 Å². The summed E-state index contributed by atoms with van der Waals surface area (Å²) in [4.78, 5) is 11.3. The van der Waals surface area contributed by atoms with Crippen LogP contribution in [0.15, 0.2) is 23.2 Å². The number of aliphatic hydroxyl groups is 1. The van der Waals surface area contributed by atoms with E-state index in [0.717, 1.165) is 49.9 Å². The lowest BCUT2D eigenvalue weighted by Crippen LogP contribution is -2.49. The van der Waals surface area contributed by atoms with Crippen LogP contribution in [0.4, 0.5) is 5.82 Å². The van der Waals surface area contributed by atoms with Crippen molar-refractivity contribution in [3.63, 3.8) is 0 Å². The van der Waals surface area contributed by atoms with Gasteiger partial charge in [-0.2, -0.15) is 0 Å². The summed E-state index contributed by atoms with van der Waals surface area (Å²) in [5.41, 5.74) is 1.06. The van der Waals surface area contributed by atoms with E-state index < -0.39 is 0 Å². The number of hydrogen-bond donors (Lipinski definition) is 3. The highest BCUT2D eigenvalue weighted by Gasteiger charge is 2.20. The van der Waals surface area contributed by atoms with Crippen LogP contribution in [0, 0.1) is 6.92 Å². The summed E-state index contributed by atoms with van der Waals surface area (Å²) in [7, 11) is 0. The minimum absolute atomic E-state index is 0. The maximum Gasteiger partial charge on any atom is 0.191 e. The molecule has 0 amide bonds. The topological polar surface area (TPSA) is 72.8 Å². The third-order valence-corrected chi connectivity index (χ3v) is 3.75. The smallest absolute Gasteiger partial charge is 0.191 e. The van der Waals surface area contributed by atoms with Gasteiger partial charge in [-0.25, -0.2) is 4.98 Å². The van der Waals surface area contributed by atoms with Crippen LogP contribution in [0.1, 0.15) is 25.5 Å². The number of nitrogens with one attached hydrogen (secondary N) is 2. The quantitative estimate of drug-likeness (QED) is 0.373. The van der Waals surface area contributed by atoms with Crippen LogP contribution >= 0.6 is 24.0 Å². The number of aliphatic imine (C=N–C) groups is 1. The molecule has 7 heteroatoms. The number of aryl methyl sites for hydroxylation is 1. The zero-order chi connectivity index (χ0) is 15.8. The summed E-state index contributed by atoms with van der Waals surface area (Å²) in [5.74, 6) is 1.86. The van der Waals surface area contributed by atoms with E-state index >= 15 is 0 Å². The molecule has 1 saturated heterocycles. The molecule has 0 bridgehead atoms. The van der Waals surface area contributed by atoms with Crippen molar-refractivity contribution in [1.82, 2.24) is 15.6 Å². The Hall–Kier alpha value is -1.09. The monoisotopic (exact) mass is 433 g/mol. The number of pyridine rings is 1. The molecule has 0 spiro atoms. The molecule has 23 heavy (non-hydrogen) atoms. The summed E-state index contributed by atoms with van der Waals surface area (Å²) >= 11 is 0. The molecular formula is C16H28IN5O. The summed E-state index contributed by atoms with van der Waals surface area (Å²) < 4.78 is 0. The number of rotatable bonds is 5. The van der Waals surface area contributed by atoms with Gasteiger partial charge in [0, 0.05) is 31.4 Å². The fourth-order valence-corrected chi connectivity index (χ4v) is 2.63. The molecule has 0 unspecified atom stereocenters. The molecule has 2 rings (SSSR count). The Morgan fingerprint density at radius 2 is 2.13 bits per heavy atom. The SMILES string of the molecule is CCNC(=NCCO)NC1CCN(c2cccc(C)n2)CC1.I. The van der Waals surface area contributed by atoms with Crippen molar-refractivity contribution < 1.29 is 5.11 Å². The number of hydrogen-bond acceptors (Lipinski definition) is 4. The Kier molecular flexibility index (Phi) is 9.23. The Bertz CT molecular complexity index is 489. The molecule has 6 nitrogen and oxygen atoms in total. The molecular weight excluding hydrogens is 405 g/mol. The molecule has 3 N–H and O–H groups in total. The first-order chi connectivity index (χ1) is 10.7. The first-order valence-electron chi connectivity index (χ1n) is 8.07. The van der Waals surface area contributed by atoms with Gasteiger partial charge in [-0.05, 0) is 38.8 Å². The maximum absolute atomic E-state index is 8.90. The summed E-state index contributed by atoms with van der Waals surface area (Å²) in [6.45, 7) is 7.39. The van der Waals surface area contributed by atoms with Gasteiger partial charge < -0.3 is 20.6 Å². The predicted octanol–water partition coefficient (Wildman–Crippen LogP) is 1.52. The number of guanidine groups is 1. The van der Waals surface area contributed by atoms with Gasteiger partial charge in [0.15, 0.2) is 5.96 Å². The molecule has 1 aromatic heterocycles. The molecule has 1 aliphatic rings. The average Bonchev–Trinajstić information content (AvgIpc) is 2.53. The maximum atomic E-state index is 8.90. The van der Waals surface area contributed by atoms with Crippen LogP contribution in [0.25, 0.3) is 0 Å². The van der Waals surface area contributed by atoms with Gasteiger partial charge in [0.2, 0.25) is 0 Å². The highest BCUT2D eigenvalue weighted by Crippen LogP contribution is 2.18. The molecule has 0 radical (unpaired) electrons. The normalized spacial score (nSPS) is 16.0. The third kappa shape index (κ3) is 6.50. The zero-order valence-electron chi connectivity index (χ0n) is 14.0. The number of anilines is 1. The van der Waals surface area contributed by atoms with E-state index in [1.807, 2.05) is 19.9 Å². The van der Waals surface area contributed by atoms with Crippen molar-refractivity contribution in [2.75, 3.05) is 37.7 Å². The minimum Gasteiger partial charge on any atom is -0.394 e. The lowest BCUT2D eigenvalue weighted by atomic mass is 10.1. The van der Waals surface area contributed by atoms with Crippen LogP contribution in [0.2, 0.25) is 0 Å². The highest BCUT2D eigenvalue weighted by molar-refractivity contribution is 14.0. The fourth-order valence-electron chi connectivity index (χ4n) is 2.63. The largest absolute Gasteiger partial charge is 0.394 e. The first-order valence-corrected chi connectivity index (χ1v) is 8.07. The van der Waals surface area contributed by atoms with Gasteiger partial charge in [0.05, 0.1) is 13.2 Å². The number of piperidine rings is 1. The van der Waals surface area contributed by atoms with Crippen LogP contribution in [0.3, 0.4) is 0 Å². The molecule has 0 atom stereocenters. The van der Waals surface area contributed by atoms with E-state index in [-0.39, 0.29) is 30.6 Å². The van der Waals surface area contributed by atoms with Crippen LogP contribution in [-0.4, -0.2) is 54.9 Å². The molecule has 1 aromatic rings. The van der Waals surface area contributed by atoms with E-state index in [4.69, 9.17) is 5.11 Å². The zero-order valence-corrected chi connectivity index (χ0v) is 16.3. The number of aromatic nitrogens is 1. The Morgan fingerprint density at radius 1 is 1.39 bits per heavy atom. The summed E-state index contributed by atoms with van der Waals surface area (Å²) in [6.07, 6.45) is 2.11.